The van der Waals surface area contributed by atoms with Gasteiger partial charge in [-0.3, -0.25) is 14.9 Å². The van der Waals surface area contributed by atoms with Crippen LogP contribution in [-0.2, 0) is 19.7 Å². The predicted octanol–water partition coefficient (Wildman–Crippen LogP) is 1.38. The van der Waals surface area contributed by atoms with Crippen LogP contribution in [0.15, 0.2) is 29.0 Å². The van der Waals surface area contributed by atoms with Crippen LogP contribution in [0.2, 0.25) is 0 Å². The molecule has 0 spiro atoms. The molecule has 2 aromatic rings. The summed E-state index contributed by atoms with van der Waals surface area (Å²) in [5.74, 6) is -0.484. The second-order valence-electron chi connectivity index (χ2n) is 6.44. The zero-order valence-corrected chi connectivity index (χ0v) is 14.6. The molecule has 0 saturated heterocycles. The molecule has 0 aliphatic heterocycles. The van der Waals surface area contributed by atoms with Crippen LogP contribution < -0.4 is 10.2 Å². The number of hydrogen-bond acceptors (Lipinski definition) is 8. The Labute approximate surface area is 145 Å². The van der Waals surface area contributed by atoms with Crippen molar-refractivity contribution in [1.29, 1.82) is 0 Å². The van der Waals surface area contributed by atoms with Gasteiger partial charge in [0.2, 0.25) is 11.8 Å². The minimum atomic E-state index is -0.571. The van der Waals surface area contributed by atoms with Crippen LogP contribution in [0, 0.1) is 0 Å². The molecule has 0 aliphatic carbocycles. The average molecular weight is 347 g/mol. The van der Waals surface area contributed by atoms with Crippen LogP contribution >= 0.6 is 0 Å². The zero-order chi connectivity index (χ0) is 18.4. The Balaban J connectivity index is 1.78. The normalized spacial score (nSPS) is 11.0. The van der Waals surface area contributed by atoms with Gasteiger partial charge in [-0.25, -0.2) is 9.97 Å². The number of likely N-dealkylation sites (N-methyl/N-ethyl adjacent to an activating group) is 1. The molecule has 0 atom stereocenters. The maximum atomic E-state index is 11.8. The Hall–Kier alpha value is -2.97. The van der Waals surface area contributed by atoms with Gasteiger partial charge in [-0.1, -0.05) is 25.9 Å². The lowest BCUT2D eigenvalue weighted by molar-refractivity contribution is -0.145. The number of nitrogens with one attached hydrogen (secondary N) is 1. The molecular formula is C16H21N5O4. The first-order valence-electron chi connectivity index (χ1n) is 7.66. The highest BCUT2D eigenvalue weighted by Gasteiger charge is 2.20. The van der Waals surface area contributed by atoms with Crippen molar-refractivity contribution < 1.29 is 18.8 Å². The van der Waals surface area contributed by atoms with Gasteiger partial charge in [-0.05, 0) is 6.07 Å². The maximum Gasteiger partial charge on any atom is 0.326 e. The maximum absolute atomic E-state index is 11.8. The topological polar surface area (TPSA) is 110 Å². The minimum Gasteiger partial charge on any atom is -0.454 e. The second kappa shape index (κ2) is 7.73. The Morgan fingerprint density at radius 1 is 1.28 bits per heavy atom. The summed E-state index contributed by atoms with van der Waals surface area (Å²) in [6.07, 6.45) is 3.14. The van der Waals surface area contributed by atoms with Crippen LogP contribution in [-0.4, -0.2) is 47.2 Å². The highest BCUT2D eigenvalue weighted by atomic mass is 16.5. The van der Waals surface area contributed by atoms with Gasteiger partial charge < -0.3 is 14.2 Å². The van der Waals surface area contributed by atoms with Crippen LogP contribution in [0.4, 0.5) is 11.8 Å². The van der Waals surface area contributed by atoms with Crippen molar-refractivity contribution in [2.45, 2.75) is 26.2 Å². The van der Waals surface area contributed by atoms with Gasteiger partial charge in [0.15, 0.2) is 6.61 Å². The van der Waals surface area contributed by atoms with Gasteiger partial charge in [0.1, 0.15) is 6.54 Å². The van der Waals surface area contributed by atoms with Gasteiger partial charge in [0.25, 0.3) is 5.91 Å². The fraction of sp³-hybridized carbons (Fsp3) is 0.438. The molecule has 0 bridgehead atoms. The first-order chi connectivity index (χ1) is 11.8. The summed E-state index contributed by atoms with van der Waals surface area (Å²) in [5.41, 5.74) is 0.521. The van der Waals surface area contributed by atoms with Crippen LogP contribution in [0.3, 0.4) is 0 Å². The zero-order valence-electron chi connectivity index (χ0n) is 14.6. The van der Waals surface area contributed by atoms with Gasteiger partial charge >= 0.3 is 5.97 Å². The quantitative estimate of drug-likeness (QED) is 0.780. The molecule has 0 aliphatic rings. The van der Waals surface area contributed by atoms with Gasteiger partial charge in [-0.2, -0.15) is 0 Å². The summed E-state index contributed by atoms with van der Waals surface area (Å²) < 4.78 is 9.98. The van der Waals surface area contributed by atoms with Crippen molar-refractivity contribution in [2.24, 2.45) is 0 Å². The number of carbonyl (C=O) groups is 2. The third-order valence-electron chi connectivity index (χ3n) is 3.17. The molecule has 2 heterocycles. The van der Waals surface area contributed by atoms with Crippen LogP contribution in [0.1, 0.15) is 26.5 Å². The molecule has 9 heteroatoms. The number of nitrogens with zero attached hydrogens (tertiary/aromatic N) is 4. The van der Waals surface area contributed by atoms with Crippen molar-refractivity contribution in [1.82, 2.24) is 15.1 Å². The minimum absolute atomic E-state index is 0.0756. The second-order valence-corrected chi connectivity index (χ2v) is 6.44. The molecule has 2 aromatic heterocycles. The van der Waals surface area contributed by atoms with Crippen molar-refractivity contribution in [3.8, 4) is 0 Å². The van der Waals surface area contributed by atoms with E-state index in [0.29, 0.717) is 11.6 Å². The molecule has 0 fully saturated rings. The van der Waals surface area contributed by atoms with E-state index in [1.807, 2.05) is 20.8 Å². The SMILES string of the molecule is CN(CC(=O)OCC(=O)Nc1cc(C(C)(C)C)no1)c1ncccn1. The van der Waals surface area contributed by atoms with E-state index in [-0.39, 0.29) is 17.8 Å². The van der Waals surface area contributed by atoms with E-state index in [2.05, 4.69) is 20.4 Å². The summed E-state index contributed by atoms with van der Waals surface area (Å²) >= 11 is 0. The fourth-order valence-electron chi connectivity index (χ4n) is 1.81. The predicted molar refractivity (Wildman–Crippen MR) is 90.1 cm³/mol. The van der Waals surface area contributed by atoms with E-state index in [9.17, 15) is 9.59 Å². The molecule has 134 valence electrons. The monoisotopic (exact) mass is 347 g/mol. The Kier molecular flexibility index (Phi) is 5.68. The molecule has 0 aromatic carbocycles. The molecule has 0 radical (unpaired) electrons. The summed E-state index contributed by atoms with van der Waals surface area (Å²) in [7, 11) is 1.65. The van der Waals surface area contributed by atoms with E-state index in [1.165, 1.54) is 4.90 Å². The number of aromatic nitrogens is 3. The first kappa shape index (κ1) is 18.4. The highest BCUT2D eigenvalue weighted by Crippen LogP contribution is 2.23. The largest absolute Gasteiger partial charge is 0.454 e. The Bertz CT molecular complexity index is 724. The third-order valence-corrected chi connectivity index (χ3v) is 3.17. The van der Waals surface area contributed by atoms with Crippen LogP contribution in [0.25, 0.3) is 0 Å². The van der Waals surface area contributed by atoms with Crippen molar-refractivity contribution in [2.75, 3.05) is 30.4 Å². The third kappa shape index (κ3) is 5.55. The van der Waals surface area contributed by atoms with Crippen LogP contribution in [0.5, 0.6) is 0 Å². The number of amides is 1. The summed E-state index contributed by atoms with van der Waals surface area (Å²) in [4.78, 5) is 33.1. The van der Waals surface area contributed by atoms with Crippen molar-refractivity contribution in [3.05, 3.63) is 30.2 Å². The van der Waals surface area contributed by atoms with Gasteiger partial charge in [0, 0.05) is 30.9 Å². The number of hydrogen-bond donors (Lipinski definition) is 1. The lowest BCUT2D eigenvalue weighted by Gasteiger charge is -2.15. The standard InChI is InChI=1S/C16H21N5O4/c1-16(2,3)11-8-13(25-20-11)19-12(22)10-24-14(23)9-21(4)15-17-6-5-7-18-15/h5-8H,9-10H2,1-4H3,(H,19,22). The lowest BCUT2D eigenvalue weighted by Crippen LogP contribution is -2.30. The summed E-state index contributed by atoms with van der Waals surface area (Å²) in [6.45, 7) is 5.43. The summed E-state index contributed by atoms with van der Waals surface area (Å²) in [6, 6.07) is 3.31. The van der Waals surface area contributed by atoms with Crippen molar-refractivity contribution >= 4 is 23.7 Å². The lowest BCUT2D eigenvalue weighted by atomic mass is 9.92. The fourth-order valence-corrected chi connectivity index (χ4v) is 1.81. The van der Waals surface area contributed by atoms with E-state index >= 15 is 0 Å². The number of carbonyl (C=O) groups excluding carboxylic acids is 2. The Morgan fingerprint density at radius 3 is 2.56 bits per heavy atom. The van der Waals surface area contributed by atoms with E-state index < -0.39 is 18.5 Å². The number of anilines is 2. The molecule has 0 saturated carbocycles. The first-order valence-corrected chi connectivity index (χ1v) is 7.66. The van der Waals surface area contributed by atoms with E-state index in [4.69, 9.17) is 9.26 Å². The highest BCUT2D eigenvalue weighted by molar-refractivity contribution is 5.91. The number of esters is 1. The average Bonchev–Trinajstić information content (AvgIpc) is 3.02. The van der Waals surface area contributed by atoms with E-state index in [0.717, 1.165) is 0 Å². The smallest absolute Gasteiger partial charge is 0.326 e. The number of ether oxygens (including phenoxy) is 1. The van der Waals surface area contributed by atoms with E-state index in [1.54, 1.807) is 31.6 Å². The molecule has 2 rings (SSSR count). The molecule has 0 unspecified atom stereocenters. The molecular weight excluding hydrogens is 326 g/mol. The Morgan fingerprint density at radius 2 is 1.96 bits per heavy atom. The molecule has 1 amide bonds. The molecule has 9 nitrogen and oxygen atoms in total. The van der Waals surface area contributed by atoms with Gasteiger partial charge in [0.05, 0.1) is 5.69 Å². The molecule has 1 N–H and O–H groups in total. The van der Waals surface area contributed by atoms with Gasteiger partial charge in [-0.15, -0.1) is 0 Å². The van der Waals surface area contributed by atoms with Crippen molar-refractivity contribution in [3.63, 3.8) is 0 Å². The number of rotatable bonds is 6. The summed E-state index contributed by atoms with van der Waals surface area (Å²) in [5, 5.41) is 6.38. The molecule has 25 heavy (non-hydrogen) atoms.